The first-order valence-corrected chi connectivity index (χ1v) is 5.65. The molecule has 1 unspecified atom stereocenters. The van der Waals surface area contributed by atoms with Crippen molar-refractivity contribution in [1.82, 2.24) is 9.55 Å². The van der Waals surface area contributed by atoms with Crippen molar-refractivity contribution >= 4 is 10.9 Å². The van der Waals surface area contributed by atoms with E-state index < -0.39 is 0 Å². The van der Waals surface area contributed by atoms with E-state index in [1.54, 1.807) is 11.6 Å². The summed E-state index contributed by atoms with van der Waals surface area (Å²) >= 11 is 0. The molecule has 0 saturated heterocycles. The van der Waals surface area contributed by atoms with Gasteiger partial charge in [-0.2, -0.15) is 0 Å². The smallest absolute Gasteiger partial charge is 0.261 e. The monoisotopic (exact) mass is 231 g/mol. The molecule has 1 aromatic heterocycles. The minimum absolute atomic E-state index is 0.0156. The van der Waals surface area contributed by atoms with Crippen molar-refractivity contribution in [2.45, 2.75) is 26.8 Å². The molecule has 0 aliphatic heterocycles. The highest BCUT2D eigenvalue weighted by Gasteiger charge is 2.12. The highest BCUT2D eigenvalue weighted by Crippen LogP contribution is 2.21. The largest absolute Gasteiger partial charge is 0.324 e. The van der Waals surface area contributed by atoms with Crippen LogP contribution in [0.1, 0.15) is 29.9 Å². The molecule has 0 amide bonds. The van der Waals surface area contributed by atoms with Gasteiger partial charge in [-0.1, -0.05) is 6.07 Å². The summed E-state index contributed by atoms with van der Waals surface area (Å²) in [6, 6.07) is 3.74. The standard InChI is InChI=1S/C13H17N3O/c1-7-5-10(8(2)14)12-11(6-7)13(17)16(4)9(3)15-12/h5-6,8H,14H2,1-4H3. The molecule has 90 valence electrons. The first kappa shape index (κ1) is 11.8. The van der Waals surface area contributed by atoms with Gasteiger partial charge in [0.1, 0.15) is 5.82 Å². The summed E-state index contributed by atoms with van der Waals surface area (Å²) in [5, 5.41) is 0.644. The first-order chi connectivity index (χ1) is 7.91. The molecular weight excluding hydrogens is 214 g/mol. The van der Waals surface area contributed by atoms with E-state index in [2.05, 4.69) is 4.98 Å². The average molecular weight is 231 g/mol. The third-order valence-electron chi connectivity index (χ3n) is 3.07. The molecule has 17 heavy (non-hydrogen) atoms. The molecule has 0 aliphatic rings. The van der Waals surface area contributed by atoms with Gasteiger partial charge in [0.05, 0.1) is 10.9 Å². The number of nitrogens with zero attached hydrogens (tertiary/aromatic N) is 2. The summed E-state index contributed by atoms with van der Waals surface area (Å²) in [6.45, 7) is 5.69. The molecular formula is C13H17N3O. The molecule has 0 bridgehead atoms. The van der Waals surface area contributed by atoms with Crippen LogP contribution in [0, 0.1) is 13.8 Å². The lowest BCUT2D eigenvalue weighted by Gasteiger charge is -2.12. The SMILES string of the molecule is Cc1cc(C(C)N)c2nc(C)n(C)c(=O)c2c1. The lowest BCUT2D eigenvalue weighted by Crippen LogP contribution is -2.22. The van der Waals surface area contributed by atoms with Crippen LogP contribution in [-0.2, 0) is 7.05 Å². The Balaban J connectivity index is 3.00. The van der Waals surface area contributed by atoms with E-state index in [1.165, 1.54) is 0 Å². The van der Waals surface area contributed by atoms with E-state index in [0.29, 0.717) is 11.2 Å². The van der Waals surface area contributed by atoms with Gasteiger partial charge < -0.3 is 5.73 Å². The summed E-state index contributed by atoms with van der Waals surface area (Å²) in [6.07, 6.45) is 0. The Bertz CT molecular complexity index is 641. The van der Waals surface area contributed by atoms with Gasteiger partial charge in [0, 0.05) is 13.1 Å². The first-order valence-electron chi connectivity index (χ1n) is 5.65. The molecule has 0 fully saturated rings. The molecule has 1 aromatic carbocycles. The van der Waals surface area contributed by atoms with Crippen LogP contribution in [0.2, 0.25) is 0 Å². The minimum atomic E-state index is -0.128. The van der Waals surface area contributed by atoms with Crippen LogP contribution < -0.4 is 11.3 Å². The predicted molar refractivity (Wildman–Crippen MR) is 69.1 cm³/mol. The zero-order valence-electron chi connectivity index (χ0n) is 10.6. The molecule has 2 rings (SSSR count). The van der Waals surface area contributed by atoms with Gasteiger partial charge in [-0.15, -0.1) is 0 Å². The molecule has 0 spiro atoms. The van der Waals surface area contributed by atoms with Crippen LogP contribution in [0.15, 0.2) is 16.9 Å². The topological polar surface area (TPSA) is 60.9 Å². The Morgan fingerprint density at radius 2 is 2.00 bits per heavy atom. The number of hydrogen-bond donors (Lipinski definition) is 1. The number of rotatable bonds is 1. The fraction of sp³-hybridized carbons (Fsp3) is 0.385. The van der Waals surface area contributed by atoms with Gasteiger partial charge in [0.25, 0.3) is 5.56 Å². The third kappa shape index (κ3) is 1.85. The van der Waals surface area contributed by atoms with E-state index in [4.69, 9.17) is 5.73 Å². The Hall–Kier alpha value is -1.68. The van der Waals surface area contributed by atoms with Gasteiger partial charge in [0.15, 0.2) is 0 Å². The summed E-state index contributed by atoms with van der Waals surface area (Å²) in [4.78, 5) is 16.6. The molecule has 0 radical (unpaired) electrons. The van der Waals surface area contributed by atoms with Crippen molar-refractivity contribution in [2.24, 2.45) is 12.8 Å². The maximum absolute atomic E-state index is 12.2. The summed E-state index contributed by atoms with van der Waals surface area (Å²) in [7, 11) is 1.73. The maximum Gasteiger partial charge on any atom is 0.261 e. The van der Waals surface area contributed by atoms with Crippen molar-refractivity contribution in [3.05, 3.63) is 39.4 Å². The van der Waals surface area contributed by atoms with E-state index in [1.807, 2.05) is 32.9 Å². The molecule has 0 aliphatic carbocycles. The second-order valence-electron chi connectivity index (χ2n) is 4.56. The van der Waals surface area contributed by atoms with E-state index in [-0.39, 0.29) is 11.6 Å². The third-order valence-corrected chi connectivity index (χ3v) is 3.07. The predicted octanol–water partition coefficient (Wildman–Crippen LogP) is 1.57. The van der Waals surface area contributed by atoms with E-state index in [0.717, 1.165) is 16.6 Å². The second-order valence-corrected chi connectivity index (χ2v) is 4.56. The van der Waals surface area contributed by atoms with Crippen molar-refractivity contribution in [2.75, 3.05) is 0 Å². The molecule has 2 N–H and O–H groups in total. The van der Waals surface area contributed by atoms with Crippen molar-refractivity contribution in [1.29, 1.82) is 0 Å². The maximum atomic E-state index is 12.2. The summed E-state index contributed by atoms with van der Waals surface area (Å²) in [5.74, 6) is 0.702. The fourth-order valence-corrected chi connectivity index (χ4v) is 2.01. The Kier molecular flexibility index (Phi) is 2.75. The van der Waals surface area contributed by atoms with Crippen molar-refractivity contribution < 1.29 is 0 Å². The zero-order chi connectivity index (χ0) is 12.7. The lowest BCUT2D eigenvalue weighted by atomic mass is 10.0. The molecule has 1 heterocycles. The number of nitrogens with two attached hydrogens (primary N) is 1. The average Bonchev–Trinajstić information content (AvgIpc) is 2.26. The number of aryl methyl sites for hydroxylation is 2. The Morgan fingerprint density at radius 1 is 1.35 bits per heavy atom. The van der Waals surface area contributed by atoms with Crippen molar-refractivity contribution in [3.8, 4) is 0 Å². The van der Waals surface area contributed by atoms with E-state index >= 15 is 0 Å². The van der Waals surface area contributed by atoms with Crippen LogP contribution in [-0.4, -0.2) is 9.55 Å². The summed E-state index contributed by atoms with van der Waals surface area (Å²) in [5.41, 5.74) is 8.62. The second kappa shape index (κ2) is 3.96. The Labute approximate surface area is 100 Å². The fourth-order valence-electron chi connectivity index (χ4n) is 2.01. The number of benzene rings is 1. The van der Waals surface area contributed by atoms with Crippen LogP contribution in [0.25, 0.3) is 10.9 Å². The molecule has 0 saturated carbocycles. The molecule has 1 atom stereocenters. The molecule has 4 heteroatoms. The van der Waals surface area contributed by atoms with Crippen LogP contribution in [0.5, 0.6) is 0 Å². The lowest BCUT2D eigenvalue weighted by molar-refractivity contribution is 0.781. The van der Waals surface area contributed by atoms with Gasteiger partial charge in [-0.25, -0.2) is 4.98 Å². The molecule has 4 nitrogen and oxygen atoms in total. The minimum Gasteiger partial charge on any atom is -0.324 e. The zero-order valence-corrected chi connectivity index (χ0v) is 10.6. The quantitative estimate of drug-likeness (QED) is 0.810. The van der Waals surface area contributed by atoms with Gasteiger partial charge in [0.2, 0.25) is 0 Å². The number of aromatic nitrogens is 2. The van der Waals surface area contributed by atoms with E-state index in [9.17, 15) is 4.79 Å². The van der Waals surface area contributed by atoms with Crippen LogP contribution in [0.3, 0.4) is 0 Å². The summed E-state index contributed by atoms with van der Waals surface area (Å²) < 4.78 is 1.56. The van der Waals surface area contributed by atoms with Gasteiger partial charge in [-0.3, -0.25) is 9.36 Å². The van der Waals surface area contributed by atoms with Crippen molar-refractivity contribution in [3.63, 3.8) is 0 Å². The van der Waals surface area contributed by atoms with Crippen LogP contribution >= 0.6 is 0 Å². The Morgan fingerprint density at radius 3 is 2.59 bits per heavy atom. The highest BCUT2D eigenvalue weighted by molar-refractivity contribution is 5.82. The normalized spacial score (nSPS) is 13.0. The molecule has 2 aromatic rings. The van der Waals surface area contributed by atoms with Gasteiger partial charge in [-0.05, 0) is 38.0 Å². The number of hydrogen-bond acceptors (Lipinski definition) is 3. The van der Waals surface area contributed by atoms with Crippen LogP contribution in [0.4, 0.5) is 0 Å². The number of fused-ring (bicyclic) bond motifs is 1. The van der Waals surface area contributed by atoms with Gasteiger partial charge >= 0.3 is 0 Å². The highest BCUT2D eigenvalue weighted by atomic mass is 16.1.